The van der Waals surface area contributed by atoms with Gasteiger partial charge in [0, 0.05) is 13.2 Å². The summed E-state index contributed by atoms with van der Waals surface area (Å²) in [6.45, 7) is 2.25. The quantitative estimate of drug-likeness (QED) is 0.501. The van der Waals surface area contributed by atoms with Crippen LogP contribution < -0.4 is 0 Å². The highest BCUT2D eigenvalue weighted by Crippen LogP contribution is 2.01. The van der Waals surface area contributed by atoms with Gasteiger partial charge in [-0.15, -0.1) is 11.8 Å². The van der Waals surface area contributed by atoms with Crippen molar-refractivity contribution in [2.75, 3.05) is 25.4 Å². The smallest absolute Gasteiger partial charge is 0.0918 e. The summed E-state index contributed by atoms with van der Waals surface area (Å²) < 4.78 is 10.8. The van der Waals surface area contributed by atoms with Crippen LogP contribution >= 0.6 is 11.8 Å². The second-order valence-electron chi connectivity index (χ2n) is 3.21. The Kier molecular flexibility index (Phi) is 7.34. The predicted octanol–water partition coefficient (Wildman–Crippen LogP) is 2.93. The molecule has 0 saturated heterocycles. The largest absolute Gasteiger partial charge is 0.377 e. The first-order chi connectivity index (χ1) is 7.43. The van der Waals surface area contributed by atoms with Gasteiger partial charge in [0.2, 0.25) is 0 Å². The van der Waals surface area contributed by atoms with Gasteiger partial charge in [0.05, 0.1) is 12.5 Å². The maximum Gasteiger partial charge on any atom is 0.0918 e. The zero-order valence-corrected chi connectivity index (χ0v) is 9.96. The number of hydrogen-bond donors (Lipinski definition) is 0. The monoisotopic (exact) mass is 226 g/mol. The van der Waals surface area contributed by atoms with Gasteiger partial charge in [-0.3, -0.25) is 0 Å². The third-order valence-corrected chi connectivity index (χ3v) is 2.29. The summed E-state index contributed by atoms with van der Waals surface area (Å²) in [6.07, 6.45) is 3.00. The van der Waals surface area contributed by atoms with Crippen LogP contribution in [-0.4, -0.2) is 25.4 Å². The Balaban J connectivity index is 1.93. The van der Waals surface area contributed by atoms with Crippen LogP contribution in [0, 0.1) is 0 Å². The molecule has 0 bridgehead atoms. The fourth-order valence-corrected chi connectivity index (χ4v) is 1.45. The van der Waals surface area contributed by atoms with Crippen molar-refractivity contribution in [2.24, 2.45) is 0 Å². The van der Waals surface area contributed by atoms with Gasteiger partial charge in [-0.25, -0.2) is 0 Å². The van der Waals surface area contributed by atoms with Gasteiger partial charge in [0.1, 0.15) is 0 Å². The summed E-state index contributed by atoms with van der Waals surface area (Å²) in [5.74, 6) is 0.776. The molecule has 3 heteroatoms. The van der Waals surface area contributed by atoms with E-state index in [1.165, 1.54) is 5.56 Å². The van der Waals surface area contributed by atoms with Crippen molar-refractivity contribution in [2.45, 2.75) is 13.0 Å². The molecule has 0 aliphatic heterocycles. The molecule has 1 aromatic rings. The lowest BCUT2D eigenvalue weighted by molar-refractivity contribution is 0.0897. The summed E-state index contributed by atoms with van der Waals surface area (Å²) in [5, 5.41) is 0. The van der Waals surface area contributed by atoms with E-state index in [1.54, 1.807) is 11.8 Å². The van der Waals surface area contributed by atoms with E-state index in [0.717, 1.165) is 25.6 Å². The standard InChI is InChI=1S/C12H18O2S/c1-15-11-14-9-5-8-13-10-12-6-3-2-4-7-12/h2-4,6-7H,5,8-11H2,1H3. The summed E-state index contributed by atoms with van der Waals surface area (Å²) in [7, 11) is 0. The number of thioether (sulfide) groups is 1. The first-order valence-electron chi connectivity index (χ1n) is 5.12. The predicted molar refractivity (Wildman–Crippen MR) is 65.0 cm³/mol. The van der Waals surface area contributed by atoms with Crippen LogP contribution in [0.1, 0.15) is 12.0 Å². The minimum Gasteiger partial charge on any atom is -0.377 e. The maximum absolute atomic E-state index is 5.51. The van der Waals surface area contributed by atoms with Crippen molar-refractivity contribution < 1.29 is 9.47 Å². The van der Waals surface area contributed by atoms with E-state index in [2.05, 4.69) is 12.1 Å². The lowest BCUT2D eigenvalue weighted by Crippen LogP contribution is -2.00. The Hall–Kier alpha value is -0.510. The molecule has 0 spiro atoms. The lowest BCUT2D eigenvalue weighted by atomic mass is 10.2. The molecule has 1 rings (SSSR count). The van der Waals surface area contributed by atoms with Crippen molar-refractivity contribution in [3.8, 4) is 0 Å². The van der Waals surface area contributed by atoms with Crippen LogP contribution in [0.4, 0.5) is 0 Å². The molecule has 0 fully saturated rings. The second kappa shape index (κ2) is 8.77. The van der Waals surface area contributed by atoms with E-state index in [1.807, 2.05) is 24.5 Å². The highest BCUT2D eigenvalue weighted by atomic mass is 32.2. The summed E-state index contributed by atoms with van der Waals surface area (Å²) in [5.41, 5.74) is 1.22. The van der Waals surface area contributed by atoms with Gasteiger partial charge in [-0.2, -0.15) is 0 Å². The van der Waals surface area contributed by atoms with Crippen LogP contribution in [0.5, 0.6) is 0 Å². The molecular formula is C12H18O2S. The van der Waals surface area contributed by atoms with Gasteiger partial charge in [0.25, 0.3) is 0 Å². The van der Waals surface area contributed by atoms with Crippen LogP contribution in [0.15, 0.2) is 30.3 Å². The molecular weight excluding hydrogens is 208 g/mol. The molecule has 1 aromatic carbocycles. The number of hydrogen-bond acceptors (Lipinski definition) is 3. The van der Waals surface area contributed by atoms with Gasteiger partial charge in [-0.1, -0.05) is 30.3 Å². The average Bonchev–Trinajstić information content (AvgIpc) is 2.29. The molecule has 15 heavy (non-hydrogen) atoms. The van der Waals surface area contributed by atoms with Gasteiger partial charge >= 0.3 is 0 Å². The molecule has 0 saturated carbocycles. The topological polar surface area (TPSA) is 18.5 Å². The number of benzene rings is 1. The summed E-state index contributed by atoms with van der Waals surface area (Å²) in [4.78, 5) is 0. The average molecular weight is 226 g/mol. The third kappa shape index (κ3) is 6.55. The zero-order chi connectivity index (χ0) is 10.8. The van der Waals surface area contributed by atoms with E-state index < -0.39 is 0 Å². The molecule has 0 N–H and O–H groups in total. The summed E-state index contributed by atoms with van der Waals surface area (Å²) >= 11 is 1.70. The van der Waals surface area contributed by atoms with E-state index in [9.17, 15) is 0 Å². The van der Waals surface area contributed by atoms with Crippen molar-refractivity contribution >= 4 is 11.8 Å². The Morgan fingerprint density at radius 1 is 1.07 bits per heavy atom. The molecule has 0 aliphatic carbocycles. The highest BCUT2D eigenvalue weighted by molar-refractivity contribution is 7.98. The molecule has 2 nitrogen and oxygen atoms in total. The SMILES string of the molecule is CSCOCCCOCc1ccccc1. The molecule has 0 radical (unpaired) electrons. The van der Waals surface area contributed by atoms with E-state index in [-0.39, 0.29) is 0 Å². The molecule has 0 heterocycles. The lowest BCUT2D eigenvalue weighted by Gasteiger charge is -2.04. The molecule has 0 aromatic heterocycles. The molecule has 0 amide bonds. The second-order valence-corrected chi connectivity index (χ2v) is 4.02. The van der Waals surface area contributed by atoms with Gasteiger partial charge < -0.3 is 9.47 Å². The van der Waals surface area contributed by atoms with E-state index >= 15 is 0 Å². The van der Waals surface area contributed by atoms with Gasteiger partial charge in [-0.05, 0) is 18.2 Å². The summed E-state index contributed by atoms with van der Waals surface area (Å²) in [6, 6.07) is 10.2. The Morgan fingerprint density at radius 3 is 2.53 bits per heavy atom. The highest BCUT2D eigenvalue weighted by Gasteiger charge is 1.92. The normalized spacial score (nSPS) is 10.5. The maximum atomic E-state index is 5.51. The molecule has 0 aliphatic rings. The first kappa shape index (κ1) is 12.6. The number of rotatable bonds is 8. The molecule has 0 unspecified atom stereocenters. The Labute approximate surface area is 96.0 Å². The Morgan fingerprint density at radius 2 is 1.80 bits per heavy atom. The van der Waals surface area contributed by atoms with Gasteiger partial charge in [0.15, 0.2) is 0 Å². The van der Waals surface area contributed by atoms with Crippen molar-refractivity contribution in [3.63, 3.8) is 0 Å². The van der Waals surface area contributed by atoms with Crippen LogP contribution in [-0.2, 0) is 16.1 Å². The van der Waals surface area contributed by atoms with Crippen molar-refractivity contribution in [3.05, 3.63) is 35.9 Å². The van der Waals surface area contributed by atoms with Crippen molar-refractivity contribution in [1.82, 2.24) is 0 Å². The minimum atomic E-state index is 0.698. The molecule has 84 valence electrons. The van der Waals surface area contributed by atoms with Crippen LogP contribution in [0.25, 0.3) is 0 Å². The zero-order valence-electron chi connectivity index (χ0n) is 9.15. The van der Waals surface area contributed by atoms with E-state index in [0.29, 0.717) is 6.61 Å². The number of ether oxygens (including phenoxy) is 2. The molecule has 0 atom stereocenters. The van der Waals surface area contributed by atoms with E-state index in [4.69, 9.17) is 9.47 Å². The van der Waals surface area contributed by atoms with Crippen molar-refractivity contribution in [1.29, 1.82) is 0 Å². The first-order valence-corrected chi connectivity index (χ1v) is 6.51. The minimum absolute atomic E-state index is 0.698. The fraction of sp³-hybridized carbons (Fsp3) is 0.500. The van der Waals surface area contributed by atoms with Crippen LogP contribution in [0.3, 0.4) is 0 Å². The Bertz CT molecular complexity index is 239. The third-order valence-electron chi connectivity index (χ3n) is 1.89. The van der Waals surface area contributed by atoms with Crippen LogP contribution in [0.2, 0.25) is 0 Å². The fourth-order valence-electron chi connectivity index (χ4n) is 1.17.